The van der Waals surface area contributed by atoms with Gasteiger partial charge in [-0.15, -0.1) is 0 Å². The van der Waals surface area contributed by atoms with Crippen LogP contribution in [0.1, 0.15) is 37.7 Å². The molecule has 0 bridgehead atoms. The number of carbonyl (C=O) groups excluding carboxylic acids is 1. The molecule has 10 heteroatoms. The Bertz CT molecular complexity index is 1230. The lowest BCUT2D eigenvalue weighted by molar-refractivity contribution is -0.138. The number of amides is 1. The van der Waals surface area contributed by atoms with Gasteiger partial charge in [0.1, 0.15) is 11.9 Å². The number of aryl methyl sites for hydroxylation is 1. The van der Waals surface area contributed by atoms with Crippen LogP contribution in [0.25, 0.3) is 11.1 Å². The molecule has 6 nitrogen and oxygen atoms in total. The highest BCUT2D eigenvalue weighted by Gasteiger charge is 2.47. The summed E-state index contributed by atoms with van der Waals surface area (Å²) < 4.78 is 76.5. The van der Waals surface area contributed by atoms with E-state index in [-0.39, 0.29) is 54.7 Å². The molecule has 1 amide bonds. The maximum Gasteiger partial charge on any atom is 0.248 e. The third kappa shape index (κ3) is 5.17. The first-order chi connectivity index (χ1) is 16.9. The van der Waals surface area contributed by atoms with E-state index in [9.17, 15) is 26.4 Å². The molecule has 2 aromatic rings. The van der Waals surface area contributed by atoms with Crippen LogP contribution in [0.4, 0.5) is 13.2 Å². The van der Waals surface area contributed by atoms with E-state index >= 15 is 0 Å². The van der Waals surface area contributed by atoms with Gasteiger partial charge < -0.3 is 9.64 Å². The Morgan fingerprint density at radius 1 is 1.11 bits per heavy atom. The molecule has 1 aliphatic carbocycles. The average Bonchev–Trinajstić information content (AvgIpc) is 3.29. The van der Waals surface area contributed by atoms with Crippen LogP contribution in [0, 0.1) is 12.7 Å². The fourth-order valence-electron chi connectivity index (χ4n) is 5.14. The number of ether oxygens (including phenoxy) is 1. The quantitative estimate of drug-likeness (QED) is 0.554. The molecule has 2 fully saturated rings. The van der Waals surface area contributed by atoms with Crippen LogP contribution in [0.5, 0.6) is 0 Å². The van der Waals surface area contributed by atoms with Crippen molar-refractivity contribution in [2.24, 2.45) is 0 Å². The molecule has 1 aliphatic heterocycles. The molecule has 1 saturated heterocycles. The normalized spacial score (nSPS) is 23.1. The van der Waals surface area contributed by atoms with Gasteiger partial charge in [0.25, 0.3) is 0 Å². The third-order valence-electron chi connectivity index (χ3n) is 7.30. The molecular weight excluding hydrogens is 493 g/mol. The zero-order valence-corrected chi connectivity index (χ0v) is 21.4. The number of halogens is 3. The van der Waals surface area contributed by atoms with Gasteiger partial charge in [0.2, 0.25) is 21.9 Å². The second-order valence-electron chi connectivity index (χ2n) is 9.70. The van der Waals surface area contributed by atoms with Gasteiger partial charge in [-0.1, -0.05) is 29.8 Å². The summed E-state index contributed by atoms with van der Waals surface area (Å²) in [6.45, 7) is 1.74. The number of carbonyl (C=O) groups is 1. The van der Waals surface area contributed by atoms with E-state index in [4.69, 9.17) is 4.74 Å². The van der Waals surface area contributed by atoms with Gasteiger partial charge in [-0.25, -0.2) is 21.6 Å². The van der Waals surface area contributed by atoms with Crippen molar-refractivity contribution < 1.29 is 31.1 Å². The van der Waals surface area contributed by atoms with Crippen molar-refractivity contribution >= 4 is 15.9 Å². The second-order valence-corrected chi connectivity index (χ2v) is 11.6. The van der Waals surface area contributed by atoms with Crippen LogP contribution in [-0.4, -0.2) is 68.3 Å². The Morgan fingerprint density at radius 3 is 2.42 bits per heavy atom. The SMILES string of the molecule is COC1CC(C(=O)N(C)C2CCC(F)(F)CC2)N(S(=O)(=O)c2ccc(C)cc2-c2ccccc2F)C1. The number of nitrogens with zero attached hydrogens (tertiary/aromatic N) is 2. The van der Waals surface area contributed by atoms with Gasteiger partial charge in [-0.3, -0.25) is 4.79 Å². The number of alkyl halides is 2. The first kappa shape index (κ1) is 26.6. The van der Waals surface area contributed by atoms with Crippen LogP contribution in [-0.2, 0) is 19.6 Å². The average molecular weight is 525 g/mol. The summed E-state index contributed by atoms with van der Waals surface area (Å²) in [6, 6.07) is 9.16. The van der Waals surface area contributed by atoms with Crippen LogP contribution >= 0.6 is 0 Å². The maximum atomic E-state index is 14.7. The van der Waals surface area contributed by atoms with Crippen molar-refractivity contribution in [2.75, 3.05) is 20.7 Å². The molecule has 0 N–H and O–H groups in total. The highest BCUT2D eigenvalue weighted by molar-refractivity contribution is 7.89. The summed E-state index contributed by atoms with van der Waals surface area (Å²) in [5, 5.41) is 0. The van der Waals surface area contributed by atoms with Crippen molar-refractivity contribution in [1.29, 1.82) is 0 Å². The fourth-order valence-corrected chi connectivity index (χ4v) is 6.96. The smallest absolute Gasteiger partial charge is 0.248 e. The van der Waals surface area contributed by atoms with Gasteiger partial charge in [0, 0.05) is 57.1 Å². The Kier molecular flexibility index (Phi) is 7.50. The van der Waals surface area contributed by atoms with E-state index in [1.54, 1.807) is 25.1 Å². The van der Waals surface area contributed by atoms with Crippen molar-refractivity contribution in [3.63, 3.8) is 0 Å². The topological polar surface area (TPSA) is 66.9 Å². The first-order valence-electron chi connectivity index (χ1n) is 12.0. The number of methoxy groups -OCH3 is 1. The Labute approximate surface area is 210 Å². The zero-order chi connectivity index (χ0) is 26.3. The van der Waals surface area contributed by atoms with Crippen molar-refractivity contribution in [2.45, 2.75) is 68.0 Å². The summed E-state index contributed by atoms with van der Waals surface area (Å²) >= 11 is 0. The van der Waals surface area contributed by atoms with Crippen LogP contribution in [0.15, 0.2) is 47.4 Å². The van der Waals surface area contributed by atoms with E-state index in [1.807, 2.05) is 0 Å². The highest BCUT2D eigenvalue weighted by atomic mass is 32.2. The molecule has 2 aliphatic rings. The second kappa shape index (κ2) is 10.1. The molecule has 0 radical (unpaired) electrons. The Hall–Kier alpha value is -2.43. The summed E-state index contributed by atoms with van der Waals surface area (Å²) in [4.78, 5) is 14.8. The van der Waals surface area contributed by atoms with Gasteiger partial charge in [-0.2, -0.15) is 4.31 Å². The van der Waals surface area contributed by atoms with Gasteiger partial charge >= 0.3 is 0 Å². The molecule has 196 valence electrons. The molecule has 2 unspecified atom stereocenters. The zero-order valence-electron chi connectivity index (χ0n) is 20.6. The van der Waals surface area contributed by atoms with Crippen molar-refractivity contribution in [1.82, 2.24) is 9.21 Å². The molecule has 36 heavy (non-hydrogen) atoms. The Morgan fingerprint density at radius 2 is 1.78 bits per heavy atom. The van der Waals surface area contributed by atoms with Crippen molar-refractivity contribution in [3.05, 3.63) is 53.8 Å². The Balaban J connectivity index is 1.69. The molecule has 2 aromatic carbocycles. The first-order valence-corrected chi connectivity index (χ1v) is 13.4. The van der Waals surface area contributed by atoms with E-state index in [0.717, 1.165) is 9.87 Å². The lowest BCUT2D eigenvalue weighted by atomic mass is 9.91. The van der Waals surface area contributed by atoms with E-state index in [0.29, 0.717) is 0 Å². The maximum absolute atomic E-state index is 14.7. The molecule has 1 heterocycles. The largest absolute Gasteiger partial charge is 0.380 e. The molecule has 4 rings (SSSR count). The van der Waals surface area contributed by atoms with Crippen LogP contribution in [0.3, 0.4) is 0 Å². The monoisotopic (exact) mass is 524 g/mol. The lowest BCUT2D eigenvalue weighted by Crippen LogP contribution is -2.50. The molecule has 1 saturated carbocycles. The molecule has 0 aromatic heterocycles. The highest BCUT2D eigenvalue weighted by Crippen LogP contribution is 2.38. The molecular formula is C26H31F3N2O4S. The van der Waals surface area contributed by atoms with Crippen LogP contribution in [0.2, 0.25) is 0 Å². The minimum absolute atomic E-state index is 0.0452. The number of benzene rings is 2. The van der Waals surface area contributed by atoms with E-state index in [2.05, 4.69) is 0 Å². The fraction of sp³-hybridized carbons (Fsp3) is 0.500. The number of likely N-dealkylation sites (N-methyl/N-ethyl adjacent to an activating group) is 1. The predicted molar refractivity (Wildman–Crippen MR) is 130 cm³/mol. The van der Waals surface area contributed by atoms with E-state index < -0.39 is 45.9 Å². The van der Waals surface area contributed by atoms with Crippen LogP contribution < -0.4 is 0 Å². The number of hydrogen-bond acceptors (Lipinski definition) is 4. The number of sulfonamides is 1. The van der Waals surface area contributed by atoms with Gasteiger partial charge in [0.15, 0.2) is 0 Å². The summed E-state index contributed by atoms with van der Waals surface area (Å²) in [6.07, 6.45) is -0.686. The lowest BCUT2D eigenvalue weighted by Gasteiger charge is -2.37. The summed E-state index contributed by atoms with van der Waals surface area (Å²) in [5.41, 5.74) is 1.11. The van der Waals surface area contributed by atoms with Gasteiger partial charge in [0.05, 0.1) is 11.0 Å². The minimum Gasteiger partial charge on any atom is -0.380 e. The number of rotatable bonds is 6. The number of hydrogen-bond donors (Lipinski definition) is 0. The predicted octanol–water partition coefficient (Wildman–Crippen LogP) is 4.62. The van der Waals surface area contributed by atoms with Gasteiger partial charge in [-0.05, 0) is 38.0 Å². The standard InChI is InChI=1S/C26H31F3N2O4S/c1-17-8-9-24(21(14-17)20-6-4-5-7-22(20)27)36(33,34)31-16-19(35-3)15-23(31)25(32)30(2)18-10-12-26(28,29)13-11-18/h4-9,14,18-19,23H,10-13,15-16H2,1-3H3. The molecule has 0 spiro atoms. The summed E-state index contributed by atoms with van der Waals surface area (Å²) in [5.74, 6) is -3.75. The molecule has 2 atom stereocenters. The summed E-state index contributed by atoms with van der Waals surface area (Å²) in [7, 11) is -1.26. The van der Waals surface area contributed by atoms with Crippen molar-refractivity contribution in [3.8, 4) is 11.1 Å². The minimum atomic E-state index is -4.25. The van der Waals surface area contributed by atoms with E-state index in [1.165, 1.54) is 43.3 Å². The third-order valence-corrected chi connectivity index (χ3v) is 9.24.